The van der Waals surface area contributed by atoms with Crippen molar-refractivity contribution in [1.82, 2.24) is 15.5 Å². The minimum Gasteiger partial charge on any atom is -0.496 e. The van der Waals surface area contributed by atoms with Gasteiger partial charge in [-0.05, 0) is 63.2 Å². The van der Waals surface area contributed by atoms with Crippen molar-refractivity contribution in [3.8, 4) is 16.9 Å². The number of nitrogens with one attached hydrogen (secondary N) is 2. The molecule has 9 nitrogen and oxygen atoms in total. The molecule has 0 spiro atoms. The van der Waals surface area contributed by atoms with E-state index in [4.69, 9.17) is 10.5 Å². The van der Waals surface area contributed by atoms with Gasteiger partial charge in [0.2, 0.25) is 0 Å². The second kappa shape index (κ2) is 16.7. The first-order valence-corrected chi connectivity index (χ1v) is 14.5. The van der Waals surface area contributed by atoms with Crippen LogP contribution < -0.4 is 26.0 Å². The molecule has 226 valence electrons. The Morgan fingerprint density at radius 1 is 1.15 bits per heavy atom. The zero-order valence-corrected chi connectivity index (χ0v) is 26.2. The lowest BCUT2D eigenvalue weighted by Gasteiger charge is -2.38. The van der Waals surface area contributed by atoms with Gasteiger partial charge >= 0.3 is 0 Å². The molecule has 41 heavy (non-hydrogen) atoms. The van der Waals surface area contributed by atoms with Gasteiger partial charge < -0.3 is 26.0 Å². The minimum absolute atomic E-state index is 0.0474. The fourth-order valence-corrected chi connectivity index (χ4v) is 5.72. The maximum Gasteiger partial charge on any atom is 0.251 e. The van der Waals surface area contributed by atoms with E-state index < -0.39 is 0 Å². The van der Waals surface area contributed by atoms with Crippen LogP contribution in [0.4, 0.5) is 5.69 Å². The molecule has 0 heterocycles. The summed E-state index contributed by atoms with van der Waals surface area (Å²) >= 11 is 0. The van der Waals surface area contributed by atoms with Crippen LogP contribution in [0.5, 0.6) is 5.75 Å². The summed E-state index contributed by atoms with van der Waals surface area (Å²) in [7, 11) is 11.2. The number of para-hydroxylation sites is 1. The van der Waals surface area contributed by atoms with E-state index in [-0.39, 0.29) is 30.3 Å². The standard InChI is InChI=1S/C32H50N6O3/c1-9-12-22(19-34-3)28(20-36-40)30(29(33)13-10-2)38(7)21-23-14-11-15-27(31(23)41-8)24-16-25(32(39)35-4)18-26(17-24)37(5)6/h11,13-18,22,28,30,34H,9-10,12,19-21,33H2,1-8H3,(H,35,39)/b29-13-. The van der Waals surface area contributed by atoms with E-state index in [1.807, 2.05) is 63.4 Å². The molecule has 2 rings (SSSR count). The molecule has 2 aromatic rings. The van der Waals surface area contributed by atoms with Crippen molar-refractivity contribution >= 4 is 11.6 Å². The molecule has 9 heteroatoms. The number of hydrogen-bond donors (Lipinski definition) is 3. The van der Waals surface area contributed by atoms with Crippen molar-refractivity contribution < 1.29 is 9.53 Å². The second-order valence-electron chi connectivity index (χ2n) is 10.8. The number of carbonyl (C=O) groups excluding carboxylic acids is 1. The molecule has 0 radical (unpaired) electrons. The summed E-state index contributed by atoms with van der Waals surface area (Å²) < 4.78 is 6.01. The van der Waals surface area contributed by atoms with Gasteiger partial charge in [0.15, 0.2) is 0 Å². The van der Waals surface area contributed by atoms with Gasteiger partial charge in [-0.2, -0.15) is 4.91 Å². The molecule has 0 bridgehead atoms. The predicted octanol–water partition coefficient (Wildman–Crippen LogP) is 4.86. The van der Waals surface area contributed by atoms with Gasteiger partial charge in [-0.25, -0.2) is 0 Å². The maximum absolute atomic E-state index is 12.6. The molecular weight excluding hydrogens is 516 g/mol. The molecule has 0 saturated carbocycles. The third kappa shape index (κ3) is 8.78. The maximum atomic E-state index is 12.6. The average Bonchev–Trinajstić information content (AvgIpc) is 2.96. The van der Waals surface area contributed by atoms with Gasteiger partial charge in [-0.15, -0.1) is 0 Å². The zero-order chi connectivity index (χ0) is 30.5. The van der Waals surface area contributed by atoms with Crippen LogP contribution in [0.15, 0.2) is 53.3 Å². The molecule has 3 unspecified atom stereocenters. The fraction of sp³-hybridized carbons (Fsp3) is 0.531. The van der Waals surface area contributed by atoms with E-state index in [1.165, 1.54) is 0 Å². The van der Waals surface area contributed by atoms with Crippen molar-refractivity contribution in [1.29, 1.82) is 0 Å². The van der Waals surface area contributed by atoms with Gasteiger partial charge in [-0.3, -0.25) is 9.69 Å². The highest BCUT2D eigenvalue weighted by atomic mass is 16.5. The van der Waals surface area contributed by atoms with Crippen LogP contribution in [-0.4, -0.2) is 72.3 Å². The van der Waals surface area contributed by atoms with E-state index in [9.17, 15) is 9.70 Å². The van der Waals surface area contributed by atoms with Crippen LogP contribution in [-0.2, 0) is 6.54 Å². The fourth-order valence-electron chi connectivity index (χ4n) is 5.72. The zero-order valence-electron chi connectivity index (χ0n) is 26.2. The lowest BCUT2D eigenvalue weighted by atomic mass is 9.80. The lowest BCUT2D eigenvalue weighted by Crippen LogP contribution is -2.47. The van der Waals surface area contributed by atoms with Crippen molar-refractivity contribution in [2.75, 3.05) is 60.3 Å². The van der Waals surface area contributed by atoms with Gasteiger partial charge in [0.05, 0.1) is 19.7 Å². The third-order valence-corrected chi connectivity index (χ3v) is 7.63. The summed E-state index contributed by atoms with van der Waals surface area (Å²) in [6.45, 7) is 5.75. The van der Waals surface area contributed by atoms with Crippen LogP contribution in [0.2, 0.25) is 0 Å². The van der Waals surface area contributed by atoms with Gasteiger partial charge in [-0.1, -0.05) is 49.7 Å². The van der Waals surface area contributed by atoms with Crippen LogP contribution >= 0.6 is 0 Å². The van der Waals surface area contributed by atoms with Crippen molar-refractivity contribution in [3.05, 3.63) is 64.2 Å². The van der Waals surface area contributed by atoms with Gasteiger partial charge in [0.1, 0.15) is 5.75 Å². The van der Waals surface area contributed by atoms with E-state index in [0.717, 1.165) is 59.6 Å². The number of hydrogen-bond acceptors (Lipinski definition) is 8. The quantitative estimate of drug-likeness (QED) is 0.235. The number of nitrogens with zero attached hydrogens (tertiary/aromatic N) is 3. The smallest absolute Gasteiger partial charge is 0.251 e. The average molecular weight is 567 g/mol. The highest BCUT2D eigenvalue weighted by Gasteiger charge is 2.34. The number of likely N-dealkylation sites (N-methyl/N-ethyl adjacent to an activating group) is 1. The van der Waals surface area contributed by atoms with Crippen molar-refractivity contribution in [2.24, 2.45) is 22.7 Å². The van der Waals surface area contributed by atoms with Crippen molar-refractivity contribution in [3.63, 3.8) is 0 Å². The van der Waals surface area contributed by atoms with Gasteiger partial charge in [0, 0.05) is 61.7 Å². The van der Waals surface area contributed by atoms with Crippen molar-refractivity contribution in [2.45, 2.75) is 45.7 Å². The first-order chi connectivity index (χ1) is 19.7. The number of carbonyl (C=O) groups is 1. The summed E-state index contributed by atoms with van der Waals surface area (Å²) in [4.78, 5) is 28.4. The first kappa shape index (κ1) is 33.8. The third-order valence-electron chi connectivity index (χ3n) is 7.63. The Bertz CT molecular complexity index is 1160. The summed E-state index contributed by atoms with van der Waals surface area (Å²) in [5.74, 6) is 0.780. The van der Waals surface area contributed by atoms with Crippen LogP contribution in [0.3, 0.4) is 0 Å². The number of allylic oxidation sites excluding steroid dienone is 1. The number of nitroso groups, excluding NO2 is 1. The monoisotopic (exact) mass is 566 g/mol. The minimum atomic E-state index is -0.178. The molecule has 3 atom stereocenters. The summed E-state index contributed by atoms with van der Waals surface area (Å²) in [6.07, 6.45) is 4.83. The Kier molecular flexibility index (Phi) is 13.8. The molecule has 0 saturated heterocycles. The SMILES string of the molecule is CC/C=C(\N)C(C(CN=O)C(CCC)CNC)N(C)Cc1cccc(-c2cc(C(=O)NC)cc(N(C)C)c2)c1OC. The number of rotatable bonds is 17. The van der Waals surface area contributed by atoms with E-state index in [0.29, 0.717) is 12.1 Å². The number of ether oxygens (including phenoxy) is 1. The van der Waals surface area contributed by atoms with Gasteiger partial charge in [0.25, 0.3) is 5.91 Å². The number of amides is 1. The Labute approximate surface area is 246 Å². The topological polar surface area (TPSA) is 112 Å². The molecule has 0 aromatic heterocycles. The lowest BCUT2D eigenvalue weighted by molar-refractivity contribution is 0.0963. The molecular formula is C32H50N6O3. The molecule has 1 amide bonds. The Balaban J connectivity index is 2.62. The molecule has 0 aliphatic rings. The molecule has 4 N–H and O–H groups in total. The van der Waals surface area contributed by atoms with Crippen LogP contribution in [0.25, 0.3) is 11.1 Å². The first-order valence-electron chi connectivity index (χ1n) is 14.5. The van der Waals surface area contributed by atoms with Crippen LogP contribution in [0.1, 0.15) is 49.0 Å². The Morgan fingerprint density at radius 3 is 2.44 bits per heavy atom. The van der Waals surface area contributed by atoms with E-state index in [2.05, 4.69) is 46.7 Å². The van der Waals surface area contributed by atoms with E-state index >= 15 is 0 Å². The molecule has 0 fully saturated rings. The second-order valence-corrected chi connectivity index (χ2v) is 10.8. The summed E-state index contributed by atoms with van der Waals surface area (Å²) in [6, 6.07) is 11.7. The number of methoxy groups -OCH3 is 1. The number of benzene rings is 2. The molecule has 0 aliphatic heterocycles. The normalized spacial score (nSPS) is 13.9. The predicted molar refractivity (Wildman–Crippen MR) is 170 cm³/mol. The van der Waals surface area contributed by atoms with Crippen LogP contribution in [0, 0.1) is 16.7 Å². The molecule has 0 aliphatic carbocycles. The highest BCUT2D eigenvalue weighted by Crippen LogP contribution is 2.37. The van der Waals surface area contributed by atoms with E-state index in [1.54, 1.807) is 14.2 Å². The highest BCUT2D eigenvalue weighted by molar-refractivity contribution is 5.97. The molecule has 2 aromatic carbocycles. The summed E-state index contributed by atoms with van der Waals surface area (Å²) in [5, 5.41) is 9.40. The Morgan fingerprint density at radius 2 is 1.88 bits per heavy atom. The largest absolute Gasteiger partial charge is 0.496 e. The Hall–Kier alpha value is -3.43. The number of nitrogens with two attached hydrogens (primary N) is 1. The summed E-state index contributed by atoms with van der Waals surface area (Å²) in [5.41, 5.74) is 11.7. The number of anilines is 1.